The molecule has 1 amide bonds. The maximum Gasteiger partial charge on any atom is 0.412 e. The largest absolute Gasteiger partial charge is 0.481 e. The Hall–Kier alpha value is -4.13. The van der Waals surface area contributed by atoms with Crippen LogP contribution in [-0.2, 0) is 14.9 Å². The Balaban J connectivity index is 1.26. The summed E-state index contributed by atoms with van der Waals surface area (Å²) in [6.45, 7) is 1.81. The highest BCUT2D eigenvalue weighted by atomic mass is 32.1. The second-order valence-electron chi connectivity index (χ2n) is 8.85. The number of carbonyl (C=O) groups is 2. The average Bonchev–Trinajstić information content (AvgIpc) is 3.33. The van der Waals surface area contributed by atoms with E-state index < -0.39 is 23.6 Å². The van der Waals surface area contributed by atoms with Crippen molar-refractivity contribution in [2.75, 3.05) is 5.32 Å². The zero-order valence-electron chi connectivity index (χ0n) is 19.6. The fraction of sp³-hybridized carbons (Fsp3) is 0.179. The standard InChI is InChI=1S/C28H20N2O5S2/c1-16(17-5-3-2-4-6-17)34-27(33)30-25-19-9-12-29-15-21(19)35-20(25)8-7-18-13-22-23(36-18)14-24(37-22)28(10-11-28)26(31)32/h2-6,9,12-16H,10-11H2,1H3,(H,30,33)(H,31,32). The SMILES string of the molecule is CC(OC(=O)Nc1c(C#Cc2cc3sc(C4(C(=O)O)CC4)cc3s2)oc2cnccc12)c1ccccc1. The molecular weight excluding hydrogens is 508 g/mol. The maximum absolute atomic E-state index is 12.7. The van der Waals surface area contributed by atoms with E-state index in [4.69, 9.17) is 9.15 Å². The quantitative estimate of drug-likeness (QED) is 0.240. The lowest BCUT2D eigenvalue weighted by molar-refractivity contribution is -0.139. The second-order valence-corrected chi connectivity index (χ2v) is 11.0. The van der Waals surface area contributed by atoms with Crippen LogP contribution >= 0.6 is 22.7 Å². The first-order valence-corrected chi connectivity index (χ1v) is 13.2. The van der Waals surface area contributed by atoms with Crippen molar-refractivity contribution >= 4 is 60.8 Å². The molecule has 37 heavy (non-hydrogen) atoms. The summed E-state index contributed by atoms with van der Waals surface area (Å²) in [7, 11) is 0. The number of fused-ring (bicyclic) bond motifs is 2. The first kappa shape index (κ1) is 23.3. The Kier molecular flexibility index (Phi) is 5.71. The number of ether oxygens (including phenoxy) is 1. The highest BCUT2D eigenvalue weighted by molar-refractivity contribution is 7.28. The minimum atomic E-state index is -0.752. The van der Waals surface area contributed by atoms with Gasteiger partial charge in [-0.05, 0) is 55.4 Å². The van der Waals surface area contributed by atoms with Gasteiger partial charge in [0.05, 0.1) is 11.1 Å². The molecule has 1 unspecified atom stereocenters. The summed E-state index contributed by atoms with van der Waals surface area (Å²) in [5, 5.41) is 13.0. The molecule has 1 saturated carbocycles. The number of hydrogen-bond donors (Lipinski definition) is 2. The van der Waals surface area contributed by atoms with Crippen molar-refractivity contribution in [3.8, 4) is 11.8 Å². The Morgan fingerprint density at radius 2 is 1.92 bits per heavy atom. The van der Waals surface area contributed by atoms with Gasteiger partial charge in [-0.3, -0.25) is 15.1 Å². The number of thiophene rings is 2. The van der Waals surface area contributed by atoms with E-state index in [9.17, 15) is 14.7 Å². The molecular formula is C28H20N2O5S2. The van der Waals surface area contributed by atoms with Gasteiger partial charge in [0.1, 0.15) is 17.2 Å². The van der Waals surface area contributed by atoms with Crippen LogP contribution in [0.15, 0.2) is 65.3 Å². The van der Waals surface area contributed by atoms with E-state index in [0.717, 1.165) is 24.7 Å². The molecule has 1 aliphatic rings. The fourth-order valence-electron chi connectivity index (χ4n) is 4.19. The molecule has 0 spiro atoms. The number of anilines is 1. The van der Waals surface area contributed by atoms with Gasteiger partial charge in [-0.15, -0.1) is 22.7 Å². The molecule has 0 aliphatic heterocycles. The smallest absolute Gasteiger partial charge is 0.412 e. The predicted molar refractivity (Wildman–Crippen MR) is 143 cm³/mol. The number of aliphatic carboxylic acids is 1. The number of carboxylic acid groups (broad SMARTS) is 1. The summed E-state index contributed by atoms with van der Waals surface area (Å²) < 4.78 is 13.5. The number of hydrogen-bond acceptors (Lipinski definition) is 7. The first-order chi connectivity index (χ1) is 17.9. The number of carbonyl (C=O) groups excluding carboxylic acids is 1. The van der Waals surface area contributed by atoms with Crippen molar-refractivity contribution in [3.05, 3.63) is 82.0 Å². The summed E-state index contributed by atoms with van der Waals surface area (Å²) in [4.78, 5) is 30.2. The predicted octanol–water partition coefficient (Wildman–Crippen LogP) is 6.93. The van der Waals surface area contributed by atoms with Crippen LogP contribution in [0.4, 0.5) is 10.5 Å². The van der Waals surface area contributed by atoms with Crippen molar-refractivity contribution in [2.24, 2.45) is 0 Å². The van der Waals surface area contributed by atoms with Crippen LogP contribution in [-0.4, -0.2) is 22.2 Å². The van der Waals surface area contributed by atoms with Gasteiger partial charge in [0, 0.05) is 25.9 Å². The van der Waals surface area contributed by atoms with Crippen molar-refractivity contribution in [1.82, 2.24) is 4.98 Å². The average molecular weight is 529 g/mol. The topological polar surface area (TPSA) is 102 Å². The van der Waals surface area contributed by atoms with Gasteiger partial charge in [0.15, 0.2) is 5.58 Å². The Bertz CT molecular complexity index is 1690. The zero-order valence-corrected chi connectivity index (χ0v) is 21.2. The number of amides is 1. The molecule has 0 radical (unpaired) electrons. The van der Waals surface area contributed by atoms with E-state index in [-0.39, 0.29) is 0 Å². The number of nitrogens with zero attached hydrogens (tertiary/aromatic N) is 1. The lowest BCUT2D eigenvalue weighted by atomic mass is 10.1. The number of carboxylic acids is 1. The summed E-state index contributed by atoms with van der Waals surface area (Å²) in [6, 6.07) is 15.2. The highest BCUT2D eigenvalue weighted by Gasteiger charge is 2.53. The number of benzene rings is 1. The van der Waals surface area contributed by atoms with Crippen LogP contribution in [0.5, 0.6) is 0 Å². The third-order valence-electron chi connectivity index (χ3n) is 6.41. The molecule has 9 heteroatoms. The number of pyridine rings is 1. The van der Waals surface area contributed by atoms with Crippen LogP contribution in [0.2, 0.25) is 0 Å². The van der Waals surface area contributed by atoms with Gasteiger partial charge in [-0.1, -0.05) is 30.3 Å². The van der Waals surface area contributed by atoms with Crippen LogP contribution in [0.25, 0.3) is 20.4 Å². The van der Waals surface area contributed by atoms with Gasteiger partial charge in [0.25, 0.3) is 0 Å². The molecule has 2 N–H and O–H groups in total. The van der Waals surface area contributed by atoms with E-state index in [0.29, 0.717) is 35.3 Å². The van der Waals surface area contributed by atoms with Crippen molar-refractivity contribution in [1.29, 1.82) is 0 Å². The lowest BCUT2D eigenvalue weighted by Gasteiger charge is -2.14. The molecule has 1 atom stereocenters. The van der Waals surface area contributed by atoms with E-state index in [2.05, 4.69) is 22.1 Å². The lowest BCUT2D eigenvalue weighted by Crippen LogP contribution is -2.17. The van der Waals surface area contributed by atoms with Crippen LogP contribution in [0.1, 0.15) is 46.9 Å². The molecule has 4 heterocycles. The molecule has 1 fully saturated rings. The third kappa shape index (κ3) is 4.35. The summed E-state index contributed by atoms with van der Waals surface area (Å²) in [5.41, 5.74) is 1.10. The molecule has 1 aromatic carbocycles. The summed E-state index contributed by atoms with van der Waals surface area (Å²) in [6.07, 6.45) is 3.51. The van der Waals surface area contributed by atoms with Crippen molar-refractivity contribution < 1.29 is 23.8 Å². The Morgan fingerprint density at radius 1 is 1.14 bits per heavy atom. The Morgan fingerprint density at radius 3 is 2.65 bits per heavy atom. The summed E-state index contributed by atoms with van der Waals surface area (Å²) >= 11 is 3.02. The fourth-order valence-corrected chi connectivity index (χ4v) is 6.68. The van der Waals surface area contributed by atoms with Gasteiger partial charge in [-0.25, -0.2) is 4.79 Å². The first-order valence-electron chi connectivity index (χ1n) is 11.6. The third-order valence-corrected chi connectivity index (χ3v) is 8.82. The molecule has 0 bridgehead atoms. The van der Waals surface area contributed by atoms with Gasteiger partial charge < -0.3 is 14.3 Å². The van der Waals surface area contributed by atoms with Crippen LogP contribution in [0, 0.1) is 11.8 Å². The van der Waals surface area contributed by atoms with Gasteiger partial charge in [-0.2, -0.15) is 0 Å². The second kappa shape index (κ2) is 9.07. The minimum absolute atomic E-state index is 0.299. The van der Waals surface area contributed by atoms with Crippen molar-refractivity contribution in [2.45, 2.75) is 31.3 Å². The monoisotopic (exact) mass is 528 g/mol. The Labute approximate surface area is 219 Å². The van der Waals surface area contributed by atoms with E-state index in [1.54, 1.807) is 18.5 Å². The number of rotatable bonds is 5. The van der Waals surface area contributed by atoms with E-state index in [1.807, 2.05) is 49.4 Å². The molecule has 6 rings (SSSR count). The van der Waals surface area contributed by atoms with E-state index >= 15 is 0 Å². The molecule has 0 saturated heterocycles. The summed E-state index contributed by atoms with van der Waals surface area (Å²) in [5.74, 6) is 5.72. The van der Waals surface area contributed by atoms with Crippen molar-refractivity contribution in [3.63, 3.8) is 0 Å². The highest BCUT2D eigenvalue weighted by Crippen LogP contribution is 2.52. The van der Waals surface area contributed by atoms with E-state index in [1.165, 1.54) is 22.7 Å². The molecule has 7 nitrogen and oxygen atoms in total. The molecule has 4 aromatic heterocycles. The van der Waals surface area contributed by atoms with Crippen LogP contribution < -0.4 is 5.32 Å². The number of aromatic nitrogens is 1. The van der Waals surface area contributed by atoms with Gasteiger partial charge in [0.2, 0.25) is 5.76 Å². The van der Waals surface area contributed by atoms with Crippen LogP contribution in [0.3, 0.4) is 0 Å². The molecule has 5 aromatic rings. The minimum Gasteiger partial charge on any atom is -0.481 e. The molecule has 184 valence electrons. The molecule has 1 aliphatic carbocycles. The zero-order chi connectivity index (χ0) is 25.6. The maximum atomic E-state index is 12.7. The number of furan rings is 1. The normalized spacial score (nSPS) is 14.6. The number of nitrogens with one attached hydrogen (secondary N) is 1. The van der Waals surface area contributed by atoms with Gasteiger partial charge >= 0.3 is 12.1 Å².